The largest absolute Gasteiger partial charge is 0.480 e. The van der Waals surface area contributed by atoms with Crippen LogP contribution in [0.4, 0.5) is 4.79 Å². The van der Waals surface area contributed by atoms with E-state index in [0.717, 1.165) is 30.6 Å². The molecule has 0 aromatic heterocycles. The first-order valence-electron chi connectivity index (χ1n) is 6.41. The van der Waals surface area contributed by atoms with Crippen molar-refractivity contribution in [2.24, 2.45) is 11.1 Å². The van der Waals surface area contributed by atoms with Crippen molar-refractivity contribution in [2.75, 3.05) is 19.6 Å². The van der Waals surface area contributed by atoms with Gasteiger partial charge in [-0.3, -0.25) is 9.59 Å². The van der Waals surface area contributed by atoms with Gasteiger partial charge in [-0.2, -0.15) is 0 Å². The van der Waals surface area contributed by atoms with Gasteiger partial charge in [-0.05, 0) is 24.7 Å². The zero-order chi connectivity index (χ0) is 14.5. The first-order valence-corrected chi connectivity index (χ1v) is 6.41. The van der Waals surface area contributed by atoms with Crippen LogP contribution in [-0.2, 0) is 9.59 Å². The van der Waals surface area contributed by atoms with Crippen LogP contribution < -0.4 is 11.1 Å². The maximum Gasteiger partial charge on any atom is 0.323 e. The maximum absolute atomic E-state index is 11.9. The quantitative estimate of drug-likeness (QED) is 0.611. The number of amides is 3. The van der Waals surface area contributed by atoms with E-state index >= 15 is 0 Å². The molecule has 0 saturated heterocycles. The molecule has 0 aromatic carbocycles. The number of carboxylic acids is 1. The Morgan fingerprint density at radius 3 is 2.32 bits per heavy atom. The van der Waals surface area contributed by atoms with Crippen LogP contribution in [0, 0.1) is 5.41 Å². The fourth-order valence-electron chi connectivity index (χ4n) is 2.26. The number of hydrogen-bond donors (Lipinski definition) is 3. The number of primary amides is 1. The summed E-state index contributed by atoms with van der Waals surface area (Å²) in [6, 6.07) is -0.555. The minimum absolute atomic E-state index is 0.136. The summed E-state index contributed by atoms with van der Waals surface area (Å²) in [4.78, 5) is 34.2. The van der Waals surface area contributed by atoms with Crippen molar-refractivity contribution in [3.05, 3.63) is 0 Å². The molecule has 19 heavy (non-hydrogen) atoms. The molecule has 0 heterocycles. The Balaban J connectivity index is 2.51. The van der Waals surface area contributed by atoms with E-state index in [0.29, 0.717) is 6.54 Å². The lowest BCUT2D eigenvalue weighted by atomic mass is 9.67. The first-order chi connectivity index (χ1) is 8.88. The SMILES string of the molecule is CCC1(CNC(=O)N(CC(N)=O)CC(=O)O)CCC1. The van der Waals surface area contributed by atoms with Crippen molar-refractivity contribution in [3.8, 4) is 0 Å². The molecule has 0 aliphatic heterocycles. The van der Waals surface area contributed by atoms with E-state index in [2.05, 4.69) is 12.2 Å². The highest BCUT2D eigenvalue weighted by atomic mass is 16.4. The van der Waals surface area contributed by atoms with Crippen LogP contribution in [0.25, 0.3) is 0 Å². The monoisotopic (exact) mass is 271 g/mol. The molecule has 0 unspecified atom stereocenters. The Bertz CT molecular complexity index is 344. The van der Waals surface area contributed by atoms with Gasteiger partial charge in [-0.15, -0.1) is 0 Å². The molecular weight excluding hydrogens is 250 g/mol. The Morgan fingerprint density at radius 2 is 1.95 bits per heavy atom. The second kappa shape index (κ2) is 6.40. The number of carbonyl (C=O) groups excluding carboxylic acids is 2. The van der Waals surface area contributed by atoms with Gasteiger partial charge in [-0.1, -0.05) is 13.3 Å². The van der Waals surface area contributed by atoms with Crippen LogP contribution >= 0.6 is 0 Å². The number of nitrogens with one attached hydrogen (secondary N) is 1. The van der Waals surface area contributed by atoms with Crippen LogP contribution in [0.2, 0.25) is 0 Å². The zero-order valence-corrected chi connectivity index (χ0v) is 11.1. The van der Waals surface area contributed by atoms with Crippen molar-refractivity contribution >= 4 is 17.9 Å². The van der Waals surface area contributed by atoms with Gasteiger partial charge in [-0.25, -0.2) is 4.79 Å². The molecule has 0 radical (unpaired) electrons. The lowest BCUT2D eigenvalue weighted by Gasteiger charge is -2.41. The van der Waals surface area contributed by atoms with Gasteiger partial charge < -0.3 is 21.1 Å². The molecule has 0 spiro atoms. The number of nitrogens with two attached hydrogens (primary N) is 1. The Kier molecular flexibility index (Phi) is 5.14. The number of carboxylic acid groups (broad SMARTS) is 1. The lowest BCUT2D eigenvalue weighted by molar-refractivity contribution is -0.137. The molecule has 1 saturated carbocycles. The van der Waals surface area contributed by atoms with Gasteiger partial charge in [0.05, 0.1) is 0 Å². The minimum atomic E-state index is -1.18. The van der Waals surface area contributed by atoms with Crippen LogP contribution in [0.5, 0.6) is 0 Å². The van der Waals surface area contributed by atoms with Crippen LogP contribution in [0.1, 0.15) is 32.6 Å². The van der Waals surface area contributed by atoms with E-state index in [1.54, 1.807) is 0 Å². The van der Waals surface area contributed by atoms with Gasteiger partial charge in [0, 0.05) is 6.54 Å². The number of carbonyl (C=O) groups is 3. The fourth-order valence-corrected chi connectivity index (χ4v) is 2.26. The summed E-state index contributed by atoms with van der Waals surface area (Å²) < 4.78 is 0. The van der Waals surface area contributed by atoms with E-state index in [4.69, 9.17) is 10.8 Å². The third-order valence-electron chi connectivity index (χ3n) is 3.74. The minimum Gasteiger partial charge on any atom is -0.480 e. The molecule has 0 atom stereocenters. The molecule has 0 bridgehead atoms. The summed E-state index contributed by atoms with van der Waals surface area (Å²) >= 11 is 0. The van der Waals surface area contributed by atoms with Crippen molar-refractivity contribution in [2.45, 2.75) is 32.6 Å². The van der Waals surface area contributed by atoms with Crippen molar-refractivity contribution < 1.29 is 19.5 Å². The van der Waals surface area contributed by atoms with Crippen molar-refractivity contribution in [1.82, 2.24) is 10.2 Å². The van der Waals surface area contributed by atoms with Gasteiger partial charge in [0.1, 0.15) is 13.1 Å². The molecule has 1 aliphatic carbocycles. The second-order valence-corrected chi connectivity index (χ2v) is 5.08. The highest BCUT2D eigenvalue weighted by Gasteiger charge is 2.35. The average Bonchev–Trinajstić information content (AvgIpc) is 2.25. The van der Waals surface area contributed by atoms with Crippen LogP contribution in [-0.4, -0.2) is 47.5 Å². The third kappa shape index (κ3) is 4.42. The number of aliphatic carboxylic acids is 1. The Hall–Kier alpha value is -1.79. The molecule has 7 heteroatoms. The second-order valence-electron chi connectivity index (χ2n) is 5.08. The van der Waals surface area contributed by atoms with Crippen LogP contribution in [0.15, 0.2) is 0 Å². The molecule has 108 valence electrons. The zero-order valence-electron chi connectivity index (χ0n) is 11.1. The highest BCUT2D eigenvalue weighted by molar-refractivity contribution is 5.85. The van der Waals surface area contributed by atoms with Gasteiger partial charge >= 0.3 is 12.0 Å². The molecule has 7 nitrogen and oxygen atoms in total. The summed E-state index contributed by atoms with van der Waals surface area (Å²) in [6.07, 6.45) is 4.27. The summed E-state index contributed by atoms with van der Waals surface area (Å²) in [5.41, 5.74) is 5.13. The molecule has 1 aliphatic rings. The van der Waals surface area contributed by atoms with E-state index in [1.165, 1.54) is 0 Å². The van der Waals surface area contributed by atoms with Gasteiger partial charge in [0.15, 0.2) is 0 Å². The van der Waals surface area contributed by atoms with Gasteiger partial charge in [0.25, 0.3) is 0 Å². The lowest BCUT2D eigenvalue weighted by Crippen LogP contribution is -2.50. The third-order valence-corrected chi connectivity index (χ3v) is 3.74. The average molecular weight is 271 g/mol. The van der Waals surface area contributed by atoms with Crippen molar-refractivity contribution in [1.29, 1.82) is 0 Å². The highest BCUT2D eigenvalue weighted by Crippen LogP contribution is 2.43. The molecule has 4 N–H and O–H groups in total. The normalized spacial score (nSPS) is 16.3. The predicted octanol–water partition coefficient (Wildman–Crippen LogP) is 0.148. The fraction of sp³-hybridized carbons (Fsp3) is 0.750. The van der Waals surface area contributed by atoms with E-state index in [9.17, 15) is 14.4 Å². The number of nitrogens with zero attached hydrogens (tertiary/aromatic N) is 1. The van der Waals surface area contributed by atoms with E-state index < -0.39 is 31.0 Å². The number of hydrogen-bond acceptors (Lipinski definition) is 3. The number of rotatable bonds is 7. The molecule has 0 aromatic rings. The molecule has 1 fully saturated rings. The predicted molar refractivity (Wildman–Crippen MR) is 68.4 cm³/mol. The maximum atomic E-state index is 11.9. The smallest absolute Gasteiger partial charge is 0.323 e. The summed E-state index contributed by atoms with van der Waals surface area (Å²) in [5, 5.41) is 11.4. The molecule has 3 amide bonds. The Morgan fingerprint density at radius 1 is 1.32 bits per heavy atom. The molecule has 1 rings (SSSR count). The van der Waals surface area contributed by atoms with Crippen LogP contribution in [0.3, 0.4) is 0 Å². The summed E-state index contributed by atoms with van der Waals surface area (Å²) in [6.45, 7) is 1.66. The van der Waals surface area contributed by atoms with E-state index in [1.807, 2.05) is 0 Å². The summed E-state index contributed by atoms with van der Waals surface area (Å²) in [5.74, 6) is -1.91. The molecular formula is C12H21N3O4. The van der Waals surface area contributed by atoms with E-state index in [-0.39, 0.29) is 5.41 Å². The topological polar surface area (TPSA) is 113 Å². The van der Waals surface area contributed by atoms with Gasteiger partial charge in [0.2, 0.25) is 5.91 Å². The number of urea groups is 1. The van der Waals surface area contributed by atoms with Crippen molar-refractivity contribution in [3.63, 3.8) is 0 Å². The summed E-state index contributed by atoms with van der Waals surface area (Å²) in [7, 11) is 0. The first kappa shape index (κ1) is 15.3. The standard InChI is InChI=1S/C12H21N3O4/c1-2-12(4-3-5-12)8-14-11(19)15(6-9(13)16)7-10(17)18/h2-8H2,1H3,(H2,13,16)(H,14,19)(H,17,18). The Labute approximate surface area is 112 Å².